The Bertz CT molecular complexity index is 730. The van der Waals surface area contributed by atoms with Gasteiger partial charge in [0.15, 0.2) is 5.82 Å². The Kier molecular flexibility index (Phi) is 3.54. The number of hydrogen-bond donors (Lipinski definition) is 1. The predicted molar refractivity (Wildman–Crippen MR) is 83.6 cm³/mol. The van der Waals surface area contributed by atoms with Crippen molar-refractivity contribution in [3.63, 3.8) is 0 Å². The fourth-order valence-electron chi connectivity index (χ4n) is 2.68. The first kappa shape index (κ1) is 12.9. The van der Waals surface area contributed by atoms with Crippen LogP contribution in [-0.2, 0) is 6.54 Å². The molecule has 20 heavy (non-hydrogen) atoms. The van der Waals surface area contributed by atoms with Gasteiger partial charge in [0.1, 0.15) is 5.52 Å². The smallest absolute Gasteiger partial charge is 0.152 e. The number of rotatable bonds is 5. The number of unbranched alkanes of at least 4 members (excludes halogenated alkanes) is 3. The van der Waals surface area contributed by atoms with Crippen molar-refractivity contribution in [1.29, 1.82) is 0 Å². The Morgan fingerprint density at radius 3 is 2.85 bits per heavy atom. The molecule has 2 heterocycles. The molecule has 0 saturated heterocycles. The number of aromatic nitrogens is 3. The highest BCUT2D eigenvalue weighted by molar-refractivity contribution is 6.06. The number of nitrogens with two attached hydrogens (primary N) is 1. The van der Waals surface area contributed by atoms with E-state index in [1.165, 1.54) is 25.7 Å². The first-order valence-electron chi connectivity index (χ1n) is 7.30. The summed E-state index contributed by atoms with van der Waals surface area (Å²) in [5.41, 5.74) is 8.90. The molecule has 0 unspecified atom stereocenters. The van der Waals surface area contributed by atoms with Crippen LogP contribution in [0.5, 0.6) is 0 Å². The second kappa shape index (κ2) is 5.49. The van der Waals surface area contributed by atoms with E-state index in [2.05, 4.69) is 27.5 Å². The van der Waals surface area contributed by atoms with Crippen LogP contribution in [0.15, 0.2) is 30.6 Å². The molecule has 0 saturated carbocycles. The second-order valence-electron chi connectivity index (χ2n) is 5.21. The Morgan fingerprint density at radius 1 is 1.15 bits per heavy atom. The van der Waals surface area contributed by atoms with Gasteiger partial charge in [0.05, 0.1) is 17.4 Å². The molecule has 4 nitrogen and oxygen atoms in total. The fraction of sp³-hybridized carbons (Fsp3) is 0.375. The minimum Gasteiger partial charge on any atom is -0.382 e. The van der Waals surface area contributed by atoms with Gasteiger partial charge in [0.25, 0.3) is 0 Å². The van der Waals surface area contributed by atoms with Crippen LogP contribution >= 0.6 is 0 Å². The van der Waals surface area contributed by atoms with Crippen molar-refractivity contribution in [2.45, 2.75) is 39.2 Å². The summed E-state index contributed by atoms with van der Waals surface area (Å²) in [6.07, 6.45) is 6.87. The van der Waals surface area contributed by atoms with Crippen LogP contribution in [0.4, 0.5) is 5.82 Å². The molecule has 0 atom stereocenters. The van der Waals surface area contributed by atoms with Crippen molar-refractivity contribution in [2.24, 2.45) is 0 Å². The molecular formula is C16H20N4. The number of para-hydroxylation sites is 1. The maximum Gasteiger partial charge on any atom is 0.152 e. The number of nitrogens with zero attached hydrogens (tertiary/aromatic N) is 3. The Morgan fingerprint density at radius 2 is 2.00 bits per heavy atom. The number of aryl methyl sites for hydroxylation is 1. The Balaban J connectivity index is 2.05. The fourth-order valence-corrected chi connectivity index (χ4v) is 2.68. The Hall–Kier alpha value is -2.10. The maximum absolute atomic E-state index is 6.03. The zero-order chi connectivity index (χ0) is 13.9. The molecule has 4 heteroatoms. The molecule has 3 aromatic rings. The zero-order valence-corrected chi connectivity index (χ0v) is 11.8. The summed E-state index contributed by atoms with van der Waals surface area (Å²) in [7, 11) is 0. The lowest BCUT2D eigenvalue weighted by Crippen LogP contribution is -1.99. The van der Waals surface area contributed by atoms with Gasteiger partial charge < -0.3 is 10.3 Å². The van der Waals surface area contributed by atoms with E-state index in [0.29, 0.717) is 5.82 Å². The predicted octanol–water partition coefficient (Wildman–Crippen LogP) is 3.75. The largest absolute Gasteiger partial charge is 0.382 e. The van der Waals surface area contributed by atoms with E-state index < -0.39 is 0 Å². The quantitative estimate of drug-likeness (QED) is 0.717. The lowest BCUT2D eigenvalue weighted by Gasteiger charge is -2.07. The van der Waals surface area contributed by atoms with Gasteiger partial charge in [-0.3, -0.25) is 0 Å². The number of imidazole rings is 1. The van der Waals surface area contributed by atoms with Crippen molar-refractivity contribution in [1.82, 2.24) is 14.5 Å². The van der Waals surface area contributed by atoms with Gasteiger partial charge in [-0.05, 0) is 12.5 Å². The molecule has 0 aliphatic rings. The normalized spacial score (nSPS) is 11.4. The molecule has 0 fully saturated rings. The van der Waals surface area contributed by atoms with Gasteiger partial charge in [-0.2, -0.15) is 0 Å². The summed E-state index contributed by atoms with van der Waals surface area (Å²) in [5.74, 6) is 0.519. The molecule has 0 aliphatic heterocycles. The summed E-state index contributed by atoms with van der Waals surface area (Å²) in [6, 6.07) is 8.12. The number of fused-ring (bicyclic) bond motifs is 3. The lowest BCUT2D eigenvalue weighted by molar-refractivity contribution is 0.592. The van der Waals surface area contributed by atoms with Gasteiger partial charge in [-0.1, -0.05) is 44.4 Å². The highest BCUT2D eigenvalue weighted by Gasteiger charge is 2.11. The van der Waals surface area contributed by atoms with Gasteiger partial charge in [-0.15, -0.1) is 0 Å². The molecule has 0 radical (unpaired) electrons. The van der Waals surface area contributed by atoms with Gasteiger partial charge in [-0.25, -0.2) is 9.97 Å². The van der Waals surface area contributed by atoms with E-state index in [4.69, 9.17) is 5.73 Å². The van der Waals surface area contributed by atoms with Gasteiger partial charge in [0.2, 0.25) is 0 Å². The molecule has 104 valence electrons. The van der Waals surface area contributed by atoms with Crippen LogP contribution in [0, 0.1) is 0 Å². The van der Waals surface area contributed by atoms with Crippen LogP contribution in [-0.4, -0.2) is 14.5 Å². The second-order valence-corrected chi connectivity index (χ2v) is 5.21. The van der Waals surface area contributed by atoms with E-state index in [1.54, 1.807) is 0 Å². The molecule has 2 aromatic heterocycles. The molecule has 2 N–H and O–H groups in total. The number of nitrogen functional groups attached to an aromatic ring is 1. The molecule has 3 rings (SSSR count). The zero-order valence-electron chi connectivity index (χ0n) is 11.8. The van der Waals surface area contributed by atoms with Crippen LogP contribution in [0.25, 0.3) is 21.9 Å². The highest BCUT2D eigenvalue weighted by Crippen LogP contribution is 2.27. The molecular weight excluding hydrogens is 248 g/mol. The topological polar surface area (TPSA) is 56.7 Å². The van der Waals surface area contributed by atoms with E-state index in [0.717, 1.165) is 28.5 Å². The molecule has 0 bridgehead atoms. The molecule has 0 spiro atoms. The third kappa shape index (κ3) is 2.22. The van der Waals surface area contributed by atoms with Crippen molar-refractivity contribution >= 4 is 27.8 Å². The molecule has 0 aliphatic carbocycles. The van der Waals surface area contributed by atoms with E-state index in [-0.39, 0.29) is 0 Å². The molecule has 0 amide bonds. The lowest BCUT2D eigenvalue weighted by atomic mass is 10.1. The van der Waals surface area contributed by atoms with E-state index in [9.17, 15) is 0 Å². The first-order valence-corrected chi connectivity index (χ1v) is 7.30. The Labute approximate surface area is 118 Å². The highest BCUT2D eigenvalue weighted by atomic mass is 15.1. The van der Waals surface area contributed by atoms with E-state index >= 15 is 0 Å². The summed E-state index contributed by atoms with van der Waals surface area (Å²) in [4.78, 5) is 8.87. The minimum absolute atomic E-state index is 0.519. The average Bonchev–Trinajstić information content (AvgIpc) is 2.89. The van der Waals surface area contributed by atoms with Crippen molar-refractivity contribution in [3.8, 4) is 0 Å². The number of hydrogen-bond acceptors (Lipinski definition) is 3. The summed E-state index contributed by atoms with van der Waals surface area (Å²) in [6.45, 7) is 3.22. The van der Waals surface area contributed by atoms with Crippen LogP contribution in [0.1, 0.15) is 32.6 Å². The average molecular weight is 268 g/mol. The number of benzene rings is 1. The van der Waals surface area contributed by atoms with Crippen molar-refractivity contribution < 1.29 is 0 Å². The SMILES string of the molecule is CCCCCCn1cnc2c(N)nc3ccccc3c21. The van der Waals surface area contributed by atoms with Crippen molar-refractivity contribution in [3.05, 3.63) is 30.6 Å². The minimum atomic E-state index is 0.519. The van der Waals surface area contributed by atoms with Crippen LogP contribution < -0.4 is 5.73 Å². The van der Waals surface area contributed by atoms with Crippen LogP contribution in [0.3, 0.4) is 0 Å². The molecule has 1 aromatic carbocycles. The first-order chi connectivity index (χ1) is 9.81. The number of anilines is 1. The summed E-state index contributed by atoms with van der Waals surface area (Å²) in [5, 5.41) is 1.13. The standard InChI is InChI=1S/C16H20N4/c1-2-3-4-7-10-20-11-18-14-15(20)12-8-5-6-9-13(12)19-16(14)17/h5-6,8-9,11H,2-4,7,10H2,1H3,(H2,17,19). The monoisotopic (exact) mass is 268 g/mol. The third-order valence-electron chi connectivity index (χ3n) is 3.73. The number of pyridine rings is 1. The van der Waals surface area contributed by atoms with Gasteiger partial charge >= 0.3 is 0 Å². The van der Waals surface area contributed by atoms with Crippen LogP contribution in [0.2, 0.25) is 0 Å². The maximum atomic E-state index is 6.03. The summed E-state index contributed by atoms with van der Waals surface area (Å²) < 4.78 is 2.21. The summed E-state index contributed by atoms with van der Waals surface area (Å²) >= 11 is 0. The van der Waals surface area contributed by atoms with E-state index in [1.807, 2.05) is 24.5 Å². The van der Waals surface area contributed by atoms with Crippen molar-refractivity contribution in [2.75, 3.05) is 5.73 Å². The third-order valence-corrected chi connectivity index (χ3v) is 3.73. The van der Waals surface area contributed by atoms with Gasteiger partial charge in [0, 0.05) is 11.9 Å².